The molecule has 0 aliphatic carbocycles. The topological polar surface area (TPSA) is 85.0 Å². The van der Waals surface area contributed by atoms with Gasteiger partial charge in [0, 0.05) is 56.2 Å². The lowest BCUT2D eigenvalue weighted by atomic mass is 10.1. The molecule has 2 N–H and O–H groups in total. The molecule has 1 saturated heterocycles. The Kier molecular flexibility index (Phi) is 9.95. The van der Waals surface area contributed by atoms with Crippen LogP contribution < -0.4 is 15.5 Å². The zero-order valence-electron chi connectivity index (χ0n) is 23.9. The standard InChI is InChI=1S/C32H38FN5O3/c1-23(2)20-31(40)38(21-25-6-8-26(33)9-7-25)22-30(39)34-27-12-14-29(15-13-27)36-16-18-37(19-17-36)32(41)35-28-10-4-24(3)5-11-28/h4-15,23H,16-22H2,1-3H3,(H,34,39)(H,35,41). The van der Waals surface area contributed by atoms with Gasteiger partial charge in [-0.2, -0.15) is 0 Å². The van der Waals surface area contributed by atoms with E-state index in [9.17, 15) is 18.8 Å². The number of benzene rings is 3. The van der Waals surface area contributed by atoms with Crippen LogP contribution in [-0.2, 0) is 16.1 Å². The Hall–Kier alpha value is -4.40. The van der Waals surface area contributed by atoms with Crippen LogP contribution in [0.25, 0.3) is 0 Å². The average Bonchev–Trinajstić information content (AvgIpc) is 2.95. The minimum Gasteiger partial charge on any atom is -0.368 e. The van der Waals surface area contributed by atoms with E-state index < -0.39 is 0 Å². The van der Waals surface area contributed by atoms with Gasteiger partial charge in [-0.25, -0.2) is 9.18 Å². The summed E-state index contributed by atoms with van der Waals surface area (Å²) in [5.74, 6) is -0.620. The monoisotopic (exact) mass is 559 g/mol. The minimum absolute atomic E-state index is 0.0999. The molecule has 0 bridgehead atoms. The summed E-state index contributed by atoms with van der Waals surface area (Å²) in [5, 5.41) is 5.83. The minimum atomic E-state index is -0.347. The van der Waals surface area contributed by atoms with Crippen molar-refractivity contribution >= 4 is 34.9 Å². The lowest BCUT2D eigenvalue weighted by Crippen LogP contribution is -2.50. The third-order valence-electron chi connectivity index (χ3n) is 6.94. The number of urea groups is 1. The van der Waals surface area contributed by atoms with Gasteiger partial charge in [0.1, 0.15) is 12.4 Å². The summed E-state index contributed by atoms with van der Waals surface area (Å²) in [6, 6.07) is 21.1. The molecule has 4 amide bonds. The van der Waals surface area contributed by atoms with Gasteiger partial charge >= 0.3 is 6.03 Å². The molecule has 41 heavy (non-hydrogen) atoms. The van der Waals surface area contributed by atoms with Gasteiger partial charge in [-0.15, -0.1) is 0 Å². The van der Waals surface area contributed by atoms with Crippen molar-refractivity contribution in [3.05, 3.63) is 89.7 Å². The molecule has 0 radical (unpaired) electrons. The zero-order chi connectivity index (χ0) is 29.4. The van der Waals surface area contributed by atoms with Gasteiger partial charge in [0.15, 0.2) is 0 Å². The van der Waals surface area contributed by atoms with Crippen LogP contribution in [0.4, 0.5) is 26.2 Å². The highest BCUT2D eigenvalue weighted by atomic mass is 19.1. The first-order chi connectivity index (χ1) is 19.7. The molecule has 3 aromatic rings. The van der Waals surface area contributed by atoms with Crippen molar-refractivity contribution in [3.8, 4) is 0 Å². The molecule has 0 atom stereocenters. The van der Waals surface area contributed by atoms with Crippen LogP contribution in [-0.4, -0.2) is 60.4 Å². The number of rotatable bonds is 9. The van der Waals surface area contributed by atoms with Crippen molar-refractivity contribution in [2.45, 2.75) is 33.7 Å². The predicted octanol–water partition coefficient (Wildman–Crippen LogP) is 5.50. The highest BCUT2D eigenvalue weighted by Crippen LogP contribution is 2.20. The first-order valence-corrected chi connectivity index (χ1v) is 14.0. The summed E-state index contributed by atoms with van der Waals surface area (Å²) in [6.07, 6.45) is 0.323. The molecule has 1 aliphatic rings. The quantitative estimate of drug-likeness (QED) is 0.363. The second kappa shape index (κ2) is 13.8. The van der Waals surface area contributed by atoms with E-state index in [0.717, 1.165) is 22.5 Å². The van der Waals surface area contributed by atoms with Crippen molar-refractivity contribution in [1.82, 2.24) is 9.80 Å². The fraction of sp³-hybridized carbons (Fsp3) is 0.344. The molecule has 0 aromatic heterocycles. The third-order valence-corrected chi connectivity index (χ3v) is 6.94. The molecule has 0 spiro atoms. The number of hydrogen-bond acceptors (Lipinski definition) is 4. The summed E-state index contributed by atoms with van der Waals surface area (Å²) in [6.45, 7) is 8.64. The lowest BCUT2D eigenvalue weighted by Gasteiger charge is -2.36. The number of amides is 4. The van der Waals surface area contributed by atoms with Crippen LogP contribution >= 0.6 is 0 Å². The van der Waals surface area contributed by atoms with Gasteiger partial charge in [0.05, 0.1) is 0 Å². The normalized spacial score (nSPS) is 13.2. The van der Waals surface area contributed by atoms with Crippen LogP contribution in [0.3, 0.4) is 0 Å². The number of piperazine rings is 1. The number of carbonyl (C=O) groups is 3. The van der Waals surface area contributed by atoms with Crippen LogP contribution in [0.2, 0.25) is 0 Å². The molecule has 0 unspecified atom stereocenters. The van der Waals surface area contributed by atoms with Crippen molar-refractivity contribution < 1.29 is 18.8 Å². The van der Waals surface area contributed by atoms with E-state index in [-0.39, 0.29) is 42.7 Å². The smallest absolute Gasteiger partial charge is 0.321 e. The number of anilines is 3. The molecule has 3 aromatic carbocycles. The summed E-state index contributed by atoms with van der Waals surface area (Å²) in [5.41, 5.74) is 4.32. The maximum atomic E-state index is 13.3. The van der Waals surface area contributed by atoms with Crippen molar-refractivity contribution in [3.63, 3.8) is 0 Å². The Morgan fingerprint density at radius 2 is 1.41 bits per heavy atom. The molecule has 4 rings (SSSR count). The zero-order valence-corrected chi connectivity index (χ0v) is 23.9. The Bertz CT molecular complexity index is 1320. The Labute approximate surface area is 241 Å². The molecule has 1 heterocycles. The van der Waals surface area contributed by atoms with E-state index in [1.807, 2.05) is 74.2 Å². The number of nitrogens with zero attached hydrogens (tertiary/aromatic N) is 3. The van der Waals surface area contributed by atoms with E-state index in [0.29, 0.717) is 38.3 Å². The largest absolute Gasteiger partial charge is 0.368 e. The number of halogens is 1. The van der Waals surface area contributed by atoms with Gasteiger partial charge in [0.25, 0.3) is 0 Å². The van der Waals surface area contributed by atoms with Crippen LogP contribution in [0.1, 0.15) is 31.4 Å². The summed E-state index contributed by atoms with van der Waals surface area (Å²) >= 11 is 0. The van der Waals surface area contributed by atoms with Crippen molar-refractivity contribution in [2.75, 3.05) is 48.3 Å². The molecule has 1 fully saturated rings. The molecular formula is C32H38FN5O3. The summed E-state index contributed by atoms with van der Waals surface area (Å²) in [7, 11) is 0. The van der Waals surface area contributed by atoms with Gasteiger partial charge in [-0.3, -0.25) is 9.59 Å². The Morgan fingerprint density at radius 1 is 0.829 bits per heavy atom. The fourth-order valence-corrected chi connectivity index (χ4v) is 4.66. The Balaban J connectivity index is 1.28. The second-order valence-corrected chi connectivity index (χ2v) is 10.8. The molecule has 1 aliphatic heterocycles. The third kappa shape index (κ3) is 8.79. The molecular weight excluding hydrogens is 521 g/mol. The molecule has 216 valence electrons. The lowest BCUT2D eigenvalue weighted by molar-refractivity contribution is -0.136. The SMILES string of the molecule is Cc1ccc(NC(=O)N2CCN(c3ccc(NC(=O)CN(Cc4ccc(F)cc4)C(=O)CC(C)C)cc3)CC2)cc1. The Morgan fingerprint density at radius 3 is 2.02 bits per heavy atom. The fourth-order valence-electron chi connectivity index (χ4n) is 4.66. The van der Waals surface area contributed by atoms with E-state index in [2.05, 4.69) is 15.5 Å². The highest BCUT2D eigenvalue weighted by Gasteiger charge is 2.22. The molecule has 0 saturated carbocycles. The van der Waals surface area contributed by atoms with E-state index in [1.54, 1.807) is 12.1 Å². The van der Waals surface area contributed by atoms with Crippen LogP contribution in [0, 0.1) is 18.7 Å². The first kappa shape index (κ1) is 29.6. The molecule has 8 nitrogen and oxygen atoms in total. The van der Waals surface area contributed by atoms with Gasteiger partial charge in [-0.1, -0.05) is 43.7 Å². The number of aryl methyl sites for hydroxylation is 1. The second-order valence-electron chi connectivity index (χ2n) is 10.8. The van der Waals surface area contributed by atoms with Crippen LogP contribution in [0.5, 0.6) is 0 Å². The van der Waals surface area contributed by atoms with Crippen LogP contribution in [0.15, 0.2) is 72.8 Å². The van der Waals surface area contributed by atoms with E-state index in [1.165, 1.54) is 17.0 Å². The maximum absolute atomic E-state index is 13.3. The van der Waals surface area contributed by atoms with Gasteiger partial charge in [-0.05, 0) is 66.9 Å². The summed E-state index contributed by atoms with van der Waals surface area (Å²) in [4.78, 5) is 43.9. The number of nitrogens with one attached hydrogen (secondary N) is 2. The van der Waals surface area contributed by atoms with E-state index >= 15 is 0 Å². The van der Waals surface area contributed by atoms with E-state index in [4.69, 9.17) is 0 Å². The molecule has 9 heteroatoms. The van der Waals surface area contributed by atoms with Gasteiger partial charge in [0.2, 0.25) is 11.8 Å². The van der Waals surface area contributed by atoms with Crippen molar-refractivity contribution in [2.24, 2.45) is 5.92 Å². The number of carbonyl (C=O) groups excluding carboxylic acids is 3. The first-order valence-electron chi connectivity index (χ1n) is 14.0. The summed E-state index contributed by atoms with van der Waals surface area (Å²) < 4.78 is 13.3. The van der Waals surface area contributed by atoms with Crippen molar-refractivity contribution in [1.29, 1.82) is 0 Å². The number of hydrogen-bond donors (Lipinski definition) is 2. The average molecular weight is 560 g/mol. The predicted molar refractivity (Wildman–Crippen MR) is 160 cm³/mol. The maximum Gasteiger partial charge on any atom is 0.321 e. The van der Waals surface area contributed by atoms with Gasteiger partial charge < -0.3 is 25.3 Å². The highest BCUT2D eigenvalue weighted by molar-refractivity contribution is 5.94.